The van der Waals surface area contributed by atoms with Crippen LogP contribution in [0, 0.1) is 6.92 Å². The maximum absolute atomic E-state index is 11.9. The largest absolute Gasteiger partial charge is 0.488 e. The number of aryl methyl sites for hydroxylation is 1. The molecular formula is C10H17N2O12P3S. The lowest BCUT2D eigenvalue weighted by Gasteiger charge is -2.21. The number of hydrogen-bond acceptors (Lipinski definition) is 9. The van der Waals surface area contributed by atoms with E-state index in [9.17, 15) is 28.5 Å². The first-order valence-corrected chi connectivity index (χ1v) is 13.0. The zero-order valence-corrected chi connectivity index (χ0v) is 17.6. The van der Waals surface area contributed by atoms with Crippen LogP contribution in [0.25, 0.3) is 0 Å². The summed E-state index contributed by atoms with van der Waals surface area (Å²) < 4.78 is 41.2. The van der Waals surface area contributed by atoms with Crippen molar-refractivity contribution in [1.82, 2.24) is 9.55 Å². The molecule has 1 aliphatic rings. The van der Waals surface area contributed by atoms with E-state index < -0.39 is 52.6 Å². The molecule has 0 saturated carbocycles. The molecule has 0 aromatic carbocycles. The Morgan fingerprint density at radius 1 is 1.25 bits per heavy atom. The number of aromatic nitrogens is 2. The molecule has 1 aliphatic heterocycles. The van der Waals surface area contributed by atoms with Crippen LogP contribution >= 0.6 is 22.4 Å². The van der Waals surface area contributed by atoms with Gasteiger partial charge in [0.1, 0.15) is 6.23 Å². The molecule has 160 valence electrons. The normalized spacial score (nSPS) is 24.6. The molecule has 14 nitrogen and oxygen atoms in total. The van der Waals surface area contributed by atoms with Crippen molar-refractivity contribution in [1.29, 1.82) is 0 Å². The zero-order valence-electron chi connectivity index (χ0n) is 14.1. The average molecular weight is 482 g/mol. The van der Waals surface area contributed by atoms with Crippen LogP contribution in [0.15, 0.2) is 15.8 Å². The molecule has 1 aromatic heterocycles. The molecule has 1 fully saturated rings. The van der Waals surface area contributed by atoms with Crippen LogP contribution in [0.2, 0.25) is 0 Å². The van der Waals surface area contributed by atoms with Gasteiger partial charge in [-0.2, -0.15) is 4.31 Å². The van der Waals surface area contributed by atoms with Crippen molar-refractivity contribution in [2.75, 3.05) is 6.61 Å². The minimum Gasteiger partial charge on any atom is -0.352 e. The molecule has 4 atom stereocenters. The highest BCUT2D eigenvalue weighted by Crippen LogP contribution is 2.66. The second kappa shape index (κ2) is 8.68. The van der Waals surface area contributed by atoms with E-state index in [4.69, 9.17) is 19.0 Å². The molecule has 2 rings (SSSR count). The molecule has 0 amide bonds. The van der Waals surface area contributed by atoms with E-state index in [2.05, 4.69) is 25.4 Å². The van der Waals surface area contributed by atoms with Crippen molar-refractivity contribution in [3.05, 3.63) is 32.6 Å². The van der Waals surface area contributed by atoms with Crippen LogP contribution in [0.1, 0.15) is 24.6 Å². The van der Waals surface area contributed by atoms with Crippen molar-refractivity contribution in [2.45, 2.75) is 32.1 Å². The van der Waals surface area contributed by atoms with Gasteiger partial charge >= 0.3 is 28.1 Å². The first-order valence-electron chi connectivity index (χ1n) is 7.43. The fourth-order valence-electron chi connectivity index (χ4n) is 2.29. The Morgan fingerprint density at radius 3 is 2.50 bits per heavy atom. The van der Waals surface area contributed by atoms with E-state index >= 15 is 0 Å². The Kier molecular flexibility index (Phi) is 7.36. The molecule has 2 heterocycles. The van der Waals surface area contributed by atoms with Crippen LogP contribution in [0.5, 0.6) is 0 Å². The van der Waals surface area contributed by atoms with Gasteiger partial charge in [0.05, 0.1) is 12.7 Å². The van der Waals surface area contributed by atoms with Gasteiger partial charge in [0, 0.05) is 11.8 Å². The highest BCUT2D eigenvalue weighted by molar-refractivity contribution is 8.08. The molecule has 1 aromatic rings. The summed E-state index contributed by atoms with van der Waals surface area (Å²) in [5.41, 5.74) is -0.900. The van der Waals surface area contributed by atoms with Crippen LogP contribution in [0.4, 0.5) is 0 Å². The van der Waals surface area contributed by atoms with Gasteiger partial charge in [-0.15, -0.1) is 0 Å². The predicted octanol–water partition coefficient (Wildman–Crippen LogP) is -0.0177. The topological polar surface area (TPSA) is 207 Å². The number of hydrogen-bond donors (Lipinski definition) is 5. The average Bonchev–Trinajstić information content (AvgIpc) is 2.94. The lowest BCUT2D eigenvalue weighted by molar-refractivity contribution is -0.0219. The van der Waals surface area contributed by atoms with Crippen molar-refractivity contribution in [2.24, 2.45) is 0 Å². The summed E-state index contributed by atoms with van der Waals surface area (Å²) in [7, 11) is -10.8. The third-order valence-electron chi connectivity index (χ3n) is 3.38. The standard InChI is InChI=1S/C10H17N2O12P3S/c1-6-4-12(10(14)11-9(6)13)8-3-2-7(22-8)5-21-27(20,28)24-26(18,19)23-25(15,16)17/h4,7-8H,2-3,5H2,1H3,(H,18,19)(H,20,28)(H,11,13,14)(H2,15,16,17). The lowest BCUT2D eigenvalue weighted by atomic mass is 10.2. The summed E-state index contributed by atoms with van der Waals surface area (Å²) in [5, 5.41) is 0. The zero-order chi connectivity index (χ0) is 21.3. The van der Waals surface area contributed by atoms with Gasteiger partial charge in [-0.05, 0) is 31.6 Å². The number of phosphoric acid groups is 2. The van der Waals surface area contributed by atoms with E-state index in [1.165, 1.54) is 17.7 Å². The molecule has 28 heavy (non-hydrogen) atoms. The SMILES string of the molecule is Cc1cn(C2CCC(COP(O)(=S)OP(=O)(O)OP(=O)(O)O)O2)c(=O)[nH]c1=O. The van der Waals surface area contributed by atoms with E-state index in [0.717, 1.165) is 0 Å². The van der Waals surface area contributed by atoms with Crippen LogP contribution in [0.3, 0.4) is 0 Å². The number of nitrogens with zero attached hydrogens (tertiary/aromatic N) is 1. The first-order chi connectivity index (χ1) is 12.7. The number of ether oxygens (including phenoxy) is 1. The number of H-pyrrole nitrogens is 1. The predicted molar refractivity (Wildman–Crippen MR) is 95.7 cm³/mol. The molecule has 0 radical (unpaired) electrons. The van der Waals surface area contributed by atoms with E-state index in [1.54, 1.807) is 0 Å². The quantitative estimate of drug-likeness (QED) is 0.309. The molecule has 0 bridgehead atoms. The van der Waals surface area contributed by atoms with Gasteiger partial charge in [0.15, 0.2) is 0 Å². The molecular weight excluding hydrogens is 465 g/mol. The van der Waals surface area contributed by atoms with Gasteiger partial charge < -0.3 is 28.8 Å². The Balaban J connectivity index is 1.95. The van der Waals surface area contributed by atoms with E-state index in [-0.39, 0.29) is 0 Å². The summed E-state index contributed by atoms with van der Waals surface area (Å²) >= 11 is 4.50. The summed E-state index contributed by atoms with van der Waals surface area (Å²) in [4.78, 5) is 61.4. The van der Waals surface area contributed by atoms with Crippen LogP contribution in [-0.4, -0.2) is 41.8 Å². The summed E-state index contributed by atoms with van der Waals surface area (Å²) in [6, 6.07) is 0. The van der Waals surface area contributed by atoms with Crippen molar-refractivity contribution >= 4 is 34.2 Å². The second-order valence-corrected chi connectivity index (χ2v) is 11.5. The van der Waals surface area contributed by atoms with Crippen molar-refractivity contribution in [3.8, 4) is 0 Å². The molecule has 5 N–H and O–H groups in total. The minimum absolute atomic E-state index is 0.297. The third kappa shape index (κ3) is 7.06. The van der Waals surface area contributed by atoms with E-state index in [0.29, 0.717) is 18.4 Å². The third-order valence-corrected chi connectivity index (χ3v) is 8.10. The maximum atomic E-state index is 11.9. The number of rotatable bonds is 8. The molecule has 4 unspecified atom stereocenters. The van der Waals surface area contributed by atoms with E-state index in [1.807, 2.05) is 0 Å². The molecule has 0 aliphatic carbocycles. The maximum Gasteiger partial charge on any atom is 0.488 e. The highest BCUT2D eigenvalue weighted by Gasteiger charge is 2.39. The van der Waals surface area contributed by atoms with Gasteiger partial charge in [0.25, 0.3) is 5.56 Å². The minimum atomic E-state index is -5.39. The lowest BCUT2D eigenvalue weighted by Crippen LogP contribution is -2.33. The van der Waals surface area contributed by atoms with Crippen LogP contribution in [-0.2, 0) is 38.8 Å². The van der Waals surface area contributed by atoms with Gasteiger partial charge in [-0.1, -0.05) is 0 Å². The van der Waals surface area contributed by atoms with Crippen LogP contribution < -0.4 is 11.2 Å². The Bertz CT molecular complexity index is 985. The second-order valence-electron chi connectivity index (χ2n) is 5.66. The molecule has 0 spiro atoms. The van der Waals surface area contributed by atoms with Gasteiger partial charge in [-0.25, -0.2) is 18.2 Å². The summed E-state index contributed by atoms with van der Waals surface area (Å²) in [6.07, 6.45) is 0.615. The van der Waals surface area contributed by atoms with Crippen molar-refractivity contribution < 1.29 is 46.6 Å². The fourth-order valence-corrected chi connectivity index (χ4v) is 6.28. The number of nitrogens with one attached hydrogen (secondary N) is 1. The van der Waals surface area contributed by atoms with Gasteiger partial charge in [0.2, 0.25) is 0 Å². The van der Waals surface area contributed by atoms with Gasteiger partial charge in [-0.3, -0.25) is 14.3 Å². The fraction of sp³-hybridized carbons (Fsp3) is 0.600. The number of aromatic amines is 1. The smallest absolute Gasteiger partial charge is 0.352 e. The highest BCUT2D eigenvalue weighted by atomic mass is 32.5. The first kappa shape index (κ1) is 23.7. The Hall–Kier alpha value is -0.530. The van der Waals surface area contributed by atoms with Crippen molar-refractivity contribution in [3.63, 3.8) is 0 Å². The molecule has 1 saturated heterocycles. The Labute approximate surface area is 162 Å². The monoisotopic (exact) mass is 482 g/mol. The Morgan fingerprint density at radius 2 is 1.89 bits per heavy atom. The summed E-state index contributed by atoms with van der Waals surface area (Å²) in [5.74, 6) is 0. The summed E-state index contributed by atoms with van der Waals surface area (Å²) in [6.45, 7) is -3.31. The molecule has 18 heteroatoms.